The van der Waals surface area contributed by atoms with Crippen molar-refractivity contribution in [1.82, 2.24) is 30.2 Å². The van der Waals surface area contributed by atoms with Crippen molar-refractivity contribution in [2.75, 3.05) is 25.5 Å². The summed E-state index contributed by atoms with van der Waals surface area (Å²) in [5.41, 5.74) is 4.28. The van der Waals surface area contributed by atoms with E-state index in [1.165, 1.54) is 0 Å². The van der Waals surface area contributed by atoms with Crippen LogP contribution in [0.25, 0.3) is 16.6 Å². The number of nitrogens with one attached hydrogen (secondary N) is 3. The van der Waals surface area contributed by atoms with Crippen LogP contribution < -0.4 is 10.6 Å². The number of fused-ring (bicyclic) bond motifs is 1. The average Bonchev–Trinajstić information content (AvgIpc) is 3.56. The van der Waals surface area contributed by atoms with Crippen LogP contribution in [0, 0.1) is 6.92 Å². The van der Waals surface area contributed by atoms with Gasteiger partial charge in [-0.15, -0.1) is 5.10 Å². The minimum atomic E-state index is -0.243. The molecule has 0 bridgehead atoms. The van der Waals surface area contributed by atoms with Gasteiger partial charge in [-0.3, -0.25) is 9.89 Å². The first-order chi connectivity index (χ1) is 16.4. The van der Waals surface area contributed by atoms with E-state index < -0.39 is 0 Å². The van der Waals surface area contributed by atoms with Gasteiger partial charge >= 0.3 is 0 Å². The smallest absolute Gasteiger partial charge is 0.251 e. The number of anilines is 2. The number of aromatic amines is 1. The SMILES string of the molecule is Cc1cn(-c2ccc(C(=O)NC3CCN(C)C3)c(CO)c2)nc1Nc1ccc2[nH]ncc2c1Cl. The lowest BCUT2D eigenvalue weighted by atomic mass is 10.1. The van der Waals surface area contributed by atoms with Crippen molar-refractivity contribution in [3.8, 4) is 5.69 Å². The zero-order valence-electron chi connectivity index (χ0n) is 19.0. The first-order valence-electron chi connectivity index (χ1n) is 11.1. The maximum atomic E-state index is 12.8. The van der Waals surface area contributed by atoms with E-state index in [0.717, 1.165) is 47.4 Å². The molecule has 1 saturated heterocycles. The predicted molar refractivity (Wildman–Crippen MR) is 132 cm³/mol. The molecular formula is C24H26ClN7O2. The van der Waals surface area contributed by atoms with Gasteiger partial charge < -0.3 is 20.6 Å². The lowest BCUT2D eigenvalue weighted by molar-refractivity contribution is 0.0935. The number of benzene rings is 2. The van der Waals surface area contributed by atoms with Crippen molar-refractivity contribution >= 4 is 39.9 Å². The molecule has 176 valence electrons. The highest BCUT2D eigenvalue weighted by Crippen LogP contribution is 2.32. The first kappa shape index (κ1) is 22.4. The highest BCUT2D eigenvalue weighted by atomic mass is 35.5. The van der Waals surface area contributed by atoms with E-state index in [9.17, 15) is 9.90 Å². The molecule has 4 N–H and O–H groups in total. The second-order valence-electron chi connectivity index (χ2n) is 8.71. The van der Waals surface area contributed by atoms with Crippen LogP contribution in [-0.4, -0.2) is 62.1 Å². The molecule has 34 heavy (non-hydrogen) atoms. The Hall–Kier alpha value is -3.40. The van der Waals surface area contributed by atoms with Crippen molar-refractivity contribution in [1.29, 1.82) is 0 Å². The number of aliphatic hydroxyl groups is 1. The molecule has 1 unspecified atom stereocenters. The van der Waals surface area contributed by atoms with Gasteiger partial charge in [0.05, 0.1) is 34.7 Å². The van der Waals surface area contributed by atoms with E-state index in [2.05, 4.69) is 30.8 Å². The molecule has 2 aromatic carbocycles. The number of likely N-dealkylation sites (tertiary alicyclic amines) is 1. The molecule has 1 aliphatic heterocycles. The third-order valence-electron chi connectivity index (χ3n) is 6.20. The van der Waals surface area contributed by atoms with Gasteiger partial charge in [0.1, 0.15) is 0 Å². The number of carbonyl (C=O) groups excluding carboxylic acids is 1. The molecule has 1 atom stereocenters. The summed E-state index contributed by atoms with van der Waals surface area (Å²) in [5, 5.41) is 29.3. The summed E-state index contributed by atoms with van der Waals surface area (Å²) in [6.07, 6.45) is 4.50. The Morgan fingerprint density at radius 2 is 2.18 bits per heavy atom. The van der Waals surface area contributed by atoms with E-state index in [1.807, 2.05) is 38.4 Å². The number of nitrogens with zero attached hydrogens (tertiary/aromatic N) is 4. The maximum absolute atomic E-state index is 12.8. The van der Waals surface area contributed by atoms with Gasteiger partial charge in [-0.25, -0.2) is 4.68 Å². The molecule has 0 aliphatic carbocycles. The lowest BCUT2D eigenvalue weighted by Crippen LogP contribution is -2.37. The zero-order chi connectivity index (χ0) is 23.8. The Balaban J connectivity index is 1.38. The highest BCUT2D eigenvalue weighted by molar-refractivity contribution is 6.38. The Labute approximate surface area is 201 Å². The van der Waals surface area contributed by atoms with Gasteiger partial charge in [0.15, 0.2) is 5.82 Å². The minimum Gasteiger partial charge on any atom is -0.392 e. The third-order valence-corrected chi connectivity index (χ3v) is 6.61. The zero-order valence-corrected chi connectivity index (χ0v) is 19.7. The number of carbonyl (C=O) groups is 1. The summed E-state index contributed by atoms with van der Waals surface area (Å²) < 4.78 is 1.72. The van der Waals surface area contributed by atoms with E-state index in [-0.39, 0.29) is 18.6 Å². The molecule has 4 aromatic rings. The minimum absolute atomic E-state index is 0.124. The fourth-order valence-corrected chi connectivity index (χ4v) is 4.57. The number of aliphatic hydroxyl groups excluding tert-OH is 1. The van der Waals surface area contributed by atoms with Crippen molar-refractivity contribution in [2.45, 2.75) is 26.0 Å². The van der Waals surface area contributed by atoms with Crippen molar-refractivity contribution in [3.05, 3.63) is 64.4 Å². The van der Waals surface area contributed by atoms with E-state index >= 15 is 0 Å². The Morgan fingerprint density at radius 1 is 1.32 bits per heavy atom. The van der Waals surface area contributed by atoms with Gasteiger partial charge in [0.2, 0.25) is 0 Å². The van der Waals surface area contributed by atoms with Crippen LogP contribution in [0.2, 0.25) is 5.02 Å². The van der Waals surface area contributed by atoms with E-state index in [4.69, 9.17) is 11.6 Å². The second-order valence-corrected chi connectivity index (χ2v) is 9.09. The number of hydrogen-bond donors (Lipinski definition) is 4. The number of halogens is 1. The van der Waals surface area contributed by atoms with Gasteiger partial charge in [-0.1, -0.05) is 11.6 Å². The fourth-order valence-electron chi connectivity index (χ4n) is 4.31. The topological polar surface area (TPSA) is 111 Å². The Morgan fingerprint density at radius 3 is 2.94 bits per heavy atom. The molecule has 1 aliphatic rings. The molecule has 1 amide bonds. The van der Waals surface area contributed by atoms with Crippen molar-refractivity contribution in [2.24, 2.45) is 0 Å². The van der Waals surface area contributed by atoms with Crippen LogP contribution in [0.3, 0.4) is 0 Å². The molecule has 5 rings (SSSR count). The standard InChI is InChI=1S/C24H26ClN7O2/c1-14-11-32(30-23(14)28-21-6-5-20-19(22(21)25)10-26-29-20)17-3-4-18(15(9-17)13-33)24(34)27-16-7-8-31(2)12-16/h3-6,9-11,16,33H,7-8,12-13H2,1-2H3,(H,26,29)(H,27,34)(H,28,30). The Bertz CT molecular complexity index is 1360. The quantitative estimate of drug-likeness (QED) is 0.337. The Kier molecular flexibility index (Phi) is 5.99. The summed E-state index contributed by atoms with van der Waals surface area (Å²) in [6.45, 7) is 3.50. The normalized spacial score (nSPS) is 16.3. The number of hydrogen-bond acceptors (Lipinski definition) is 6. The molecule has 10 heteroatoms. The van der Waals surface area contributed by atoms with Crippen LogP contribution in [-0.2, 0) is 6.61 Å². The number of H-pyrrole nitrogens is 1. The van der Waals surface area contributed by atoms with Crippen LogP contribution >= 0.6 is 11.6 Å². The molecule has 2 aromatic heterocycles. The van der Waals surface area contributed by atoms with Gasteiger partial charge in [0.25, 0.3) is 5.91 Å². The molecule has 0 radical (unpaired) electrons. The van der Waals surface area contributed by atoms with E-state index in [1.54, 1.807) is 23.0 Å². The molecule has 0 saturated carbocycles. The lowest BCUT2D eigenvalue weighted by Gasteiger charge is -2.15. The van der Waals surface area contributed by atoms with Crippen LogP contribution in [0.4, 0.5) is 11.5 Å². The maximum Gasteiger partial charge on any atom is 0.251 e. The van der Waals surface area contributed by atoms with Gasteiger partial charge in [-0.2, -0.15) is 5.10 Å². The number of likely N-dealkylation sites (N-methyl/N-ethyl adjacent to an activating group) is 1. The summed E-state index contributed by atoms with van der Waals surface area (Å²) in [6, 6.07) is 9.26. The number of amides is 1. The summed E-state index contributed by atoms with van der Waals surface area (Å²) in [4.78, 5) is 15.0. The van der Waals surface area contributed by atoms with Gasteiger partial charge in [-0.05, 0) is 62.8 Å². The molecule has 1 fully saturated rings. The molecule has 9 nitrogen and oxygen atoms in total. The number of aryl methyl sites for hydroxylation is 1. The van der Waals surface area contributed by atoms with Crippen molar-refractivity contribution in [3.63, 3.8) is 0 Å². The summed E-state index contributed by atoms with van der Waals surface area (Å²) in [7, 11) is 2.04. The molecule has 0 spiro atoms. The first-order valence-corrected chi connectivity index (χ1v) is 11.5. The highest BCUT2D eigenvalue weighted by Gasteiger charge is 2.23. The monoisotopic (exact) mass is 479 g/mol. The van der Waals surface area contributed by atoms with Crippen LogP contribution in [0.5, 0.6) is 0 Å². The third kappa shape index (κ3) is 4.25. The second kappa shape index (κ2) is 9.09. The van der Waals surface area contributed by atoms with Crippen LogP contribution in [0.15, 0.2) is 42.7 Å². The predicted octanol–water partition coefficient (Wildman–Crippen LogP) is 3.38. The number of aromatic nitrogens is 4. The fraction of sp³-hybridized carbons (Fsp3) is 0.292. The van der Waals surface area contributed by atoms with E-state index in [0.29, 0.717) is 22.0 Å². The largest absolute Gasteiger partial charge is 0.392 e. The summed E-state index contributed by atoms with van der Waals surface area (Å²) in [5.74, 6) is 0.488. The molecule has 3 heterocycles. The van der Waals surface area contributed by atoms with Gasteiger partial charge in [0, 0.05) is 35.3 Å². The average molecular weight is 480 g/mol. The molecular weight excluding hydrogens is 454 g/mol. The van der Waals surface area contributed by atoms with Crippen LogP contribution in [0.1, 0.15) is 27.9 Å². The number of rotatable bonds is 6. The van der Waals surface area contributed by atoms with Crippen molar-refractivity contribution < 1.29 is 9.90 Å². The summed E-state index contributed by atoms with van der Waals surface area (Å²) >= 11 is 6.54.